The van der Waals surface area contributed by atoms with Crippen molar-refractivity contribution in [3.8, 4) is 0 Å². The second-order valence-electron chi connectivity index (χ2n) is 6.74. The lowest BCUT2D eigenvalue weighted by Crippen LogP contribution is -2.40. The van der Waals surface area contributed by atoms with E-state index in [0.29, 0.717) is 23.8 Å². The number of nitrogens with one attached hydrogen (secondary N) is 1. The molecule has 26 heavy (non-hydrogen) atoms. The highest BCUT2D eigenvalue weighted by atomic mass is 35.5. The van der Waals surface area contributed by atoms with Gasteiger partial charge in [0, 0.05) is 36.7 Å². The summed E-state index contributed by atoms with van der Waals surface area (Å²) in [4.78, 5) is 34.9. The number of halogens is 1. The van der Waals surface area contributed by atoms with Gasteiger partial charge in [0.05, 0.1) is 0 Å². The second kappa shape index (κ2) is 8.25. The molecule has 0 fully saturated rings. The van der Waals surface area contributed by atoms with Gasteiger partial charge >= 0.3 is 0 Å². The molecule has 0 spiro atoms. The minimum atomic E-state index is -0.518. The van der Waals surface area contributed by atoms with Crippen LogP contribution in [0.15, 0.2) is 36.7 Å². The summed E-state index contributed by atoms with van der Waals surface area (Å²) in [5.41, 5.74) is 5.98. The van der Waals surface area contributed by atoms with Gasteiger partial charge in [-0.3, -0.25) is 9.59 Å². The normalized spacial score (nSPS) is 11.1. The summed E-state index contributed by atoms with van der Waals surface area (Å²) in [6, 6.07) is 6.63. The van der Waals surface area contributed by atoms with Crippen LogP contribution in [0.25, 0.3) is 0 Å². The number of rotatable bonds is 6. The van der Waals surface area contributed by atoms with E-state index in [0.717, 1.165) is 0 Å². The Kier molecular flexibility index (Phi) is 6.28. The van der Waals surface area contributed by atoms with E-state index in [2.05, 4.69) is 15.3 Å². The number of nitrogens with two attached hydrogens (primary N) is 1. The van der Waals surface area contributed by atoms with Crippen LogP contribution in [0.3, 0.4) is 0 Å². The number of hydrogen-bond donors (Lipinski definition) is 2. The monoisotopic (exact) mass is 375 g/mol. The average Bonchev–Trinajstić information content (AvgIpc) is 2.62. The summed E-state index contributed by atoms with van der Waals surface area (Å²) in [6.07, 6.45) is 2.76. The van der Waals surface area contributed by atoms with Gasteiger partial charge < -0.3 is 16.0 Å². The summed E-state index contributed by atoms with van der Waals surface area (Å²) >= 11 is 5.84. The molecule has 0 aliphatic heterocycles. The van der Waals surface area contributed by atoms with Gasteiger partial charge in [-0.05, 0) is 36.2 Å². The molecule has 0 saturated heterocycles. The second-order valence-corrected chi connectivity index (χ2v) is 7.18. The van der Waals surface area contributed by atoms with Crippen molar-refractivity contribution in [3.63, 3.8) is 0 Å². The lowest BCUT2D eigenvalue weighted by atomic mass is 9.93. The Morgan fingerprint density at radius 2 is 1.73 bits per heavy atom. The molecule has 0 atom stereocenters. The molecule has 7 nitrogen and oxygen atoms in total. The zero-order valence-electron chi connectivity index (χ0n) is 15.0. The standard InChI is InChI=1S/C18H22ClN5O2/c1-18(2,10-20)11-24(3)17(26)15-14(21-8-9-22-15)16(25)23-13-6-4-12(19)5-7-13/h4-9H,10-11,20H2,1-3H3,(H,23,25). The number of amides is 2. The first-order chi connectivity index (χ1) is 12.2. The highest BCUT2D eigenvalue weighted by Crippen LogP contribution is 2.17. The maximum Gasteiger partial charge on any atom is 0.276 e. The molecule has 1 aromatic heterocycles. The fourth-order valence-electron chi connectivity index (χ4n) is 2.34. The number of hydrogen-bond acceptors (Lipinski definition) is 5. The van der Waals surface area contributed by atoms with E-state index in [1.165, 1.54) is 17.3 Å². The topological polar surface area (TPSA) is 101 Å². The van der Waals surface area contributed by atoms with Gasteiger partial charge in [-0.1, -0.05) is 25.4 Å². The zero-order valence-corrected chi connectivity index (χ0v) is 15.7. The van der Waals surface area contributed by atoms with Gasteiger partial charge in [-0.25, -0.2) is 9.97 Å². The Balaban J connectivity index is 2.22. The third-order valence-electron chi connectivity index (χ3n) is 3.78. The van der Waals surface area contributed by atoms with Gasteiger partial charge in [-0.2, -0.15) is 0 Å². The molecule has 3 N–H and O–H groups in total. The molecule has 0 aliphatic rings. The minimum absolute atomic E-state index is 0.00529. The van der Waals surface area contributed by atoms with Crippen LogP contribution in [-0.2, 0) is 0 Å². The van der Waals surface area contributed by atoms with Crippen LogP contribution in [0.2, 0.25) is 5.02 Å². The molecule has 2 rings (SSSR count). The number of carbonyl (C=O) groups is 2. The van der Waals surface area contributed by atoms with Crippen LogP contribution in [0.1, 0.15) is 34.8 Å². The van der Waals surface area contributed by atoms with Gasteiger partial charge in [0.15, 0.2) is 11.4 Å². The maximum absolute atomic E-state index is 12.7. The fraction of sp³-hybridized carbons (Fsp3) is 0.333. The van der Waals surface area contributed by atoms with Crippen molar-refractivity contribution in [2.75, 3.05) is 25.5 Å². The fourth-order valence-corrected chi connectivity index (χ4v) is 2.47. The zero-order chi connectivity index (χ0) is 19.3. The lowest BCUT2D eigenvalue weighted by Gasteiger charge is -2.29. The molecule has 8 heteroatoms. The van der Waals surface area contributed by atoms with Gasteiger partial charge in [0.25, 0.3) is 11.8 Å². The van der Waals surface area contributed by atoms with Gasteiger partial charge in [0.1, 0.15) is 0 Å². The summed E-state index contributed by atoms with van der Waals surface area (Å²) < 4.78 is 0. The molecular formula is C18H22ClN5O2. The smallest absolute Gasteiger partial charge is 0.276 e. The van der Waals surface area contributed by atoms with Crippen LogP contribution in [-0.4, -0.2) is 46.8 Å². The van der Waals surface area contributed by atoms with Crippen LogP contribution in [0, 0.1) is 5.41 Å². The molecular weight excluding hydrogens is 354 g/mol. The lowest BCUT2D eigenvalue weighted by molar-refractivity contribution is 0.0729. The van der Waals surface area contributed by atoms with E-state index >= 15 is 0 Å². The first kappa shape index (κ1) is 19.8. The van der Waals surface area contributed by atoms with Crippen molar-refractivity contribution in [1.29, 1.82) is 0 Å². The Morgan fingerprint density at radius 3 is 2.31 bits per heavy atom. The molecule has 0 saturated carbocycles. The number of aromatic nitrogens is 2. The Bertz CT molecular complexity index is 792. The van der Waals surface area contributed by atoms with Crippen molar-refractivity contribution in [2.24, 2.45) is 11.1 Å². The number of benzene rings is 1. The highest BCUT2D eigenvalue weighted by molar-refractivity contribution is 6.30. The van der Waals surface area contributed by atoms with Crippen molar-refractivity contribution in [1.82, 2.24) is 14.9 Å². The molecule has 0 aliphatic carbocycles. The SMILES string of the molecule is CN(CC(C)(C)CN)C(=O)c1nccnc1C(=O)Nc1ccc(Cl)cc1. The molecule has 0 unspecified atom stereocenters. The van der Waals surface area contributed by atoms with Crippen LogP contribution >= 0.6 is 11.6 Å². The molecule has 138 valence electrons. The van der Waals surface area contributed by atoms with Crippen LogP contribution in [0.5, 0.6) is 0 Å². The molecule has 1 aromatic carbocycles. The van der Waals surface area contributed by atoms with E-state index in [1.54, 1.807) is 31.3 Å². The average molecular weight is 376 g/mol. The third-order valence-corrected chi connectivity index (χ3v) is 4.03. The van der Waals surface area contributed by atoms with Crippen LogP contribution in [0.4, 0.5) is 5.69 Å². The quantitative estimate of drug-likeness (QED) is 0.807. The number of carbonyl (C=O) groups excluding carboxylic acids is 2. The van der Waals surface area contributed by atoms with E-state index < -0.39 is 5.91 Å². The third kappa shape index (κ3) is 5.00. The van der Waals surface area contributed by atoms with Crippen molar-refractivity contribution in [3.05, 3.63) is 53.1 Å². The summed E-state index contributed by atoms with van der Waals surface area (Å²) in [5.74, 6) is -0.906. The number of nitrogens with zero attached hydrogens (tertiary/aromatic N) is 3. The van der Waals surface area contributed by atoms with Gasteiger partial charge in [-0.15, -0.1) is 0 Å². The predicted molar refractivity (Wildman–Crippen MR) is 101 cm³/mol. The molecule has 0 bridgehead atoms. The maximum atomic E-state index is 12.7. The van der Waals surface area contributed by atoms with Gasteiger partial charge in [0.2, 0.25) is 0 Å². The first-order valence-electron chi connectivity index (χ1n) is 8.07. The summed E-state index contributed by atoms with van der Waals surface area (Å²) in [7, 11) is 1.65. The number of anilines is 1. The largest absolute Gasteiger partial charge is 0.340 e. The Morgan fingerprint density at radius 1 is 1.15 bits per heavy atom. The summed E-state index contributed by atoms with van der Waals surface area (Å²) in [6.45, 7) is 4.77. The molecule has 2 aromatic rings. The Hall–Kier alpha value is -2.51. The van der Waals surface area contributed by atoms with E-state index in [1.807, 2.05) is 13.8 Å². The van der Waals surface area contributed by atoms with Crippen LogP contribution < -0.4 is 11.1 Å². The van der Waals surface area contributed by atoms with Crippen molar-refractivity contribution >= 4 is 29.1 Å². The Labute approximate surface area is 157 Å². The first-order valence-corrected chi connectivity index (χ1v) is 8.45. The highest BCUT2D eigenvalue weighted by Gasteiger charge is 2.26. The van der Waals surface area contributed by atoms with E-state index in [9.17, 15) is 9.59 Å². The van der Waals surface area contributed by atoms with E-state index in [4.69, 9.17) is 17.3 Å². The predicted octanol–water partition coefficient (Wildman–Crippen LogP) is 2.44. The van der Waals surface area contributed by atoms with E-state index in [-0.39, 0.29) is 22.7 Å². The van der Waals surface area contributed by atoms with Crippen molar-refractivity contribution in [2.45, 2.75) is 13.8 Å². The summed E-state index contributed by atoms with van der Waals surface area (Å²) in [5, 5.41) is 3.25. The molecule has 1 heterocycles. The minimum Gasteiger partial charge on any atom is -0.340 e. The molecule has 0 radical (unpaired) electrons. The van der Waals surface area contributed by atoms with Crippen molar-refractivity contribution < 1.29 is 9.59 Å². The molecule has 2 amide bonds.